The van der Waals surface area contributed by atoms with Crippen LogP contribution >= 0.6 is 11.6 Å². The predicted octanol–water partition coefficient (Wildman–Crippen LogP) is 2.61. The quantitative estimate of drug-likeness (QED) is 0.795. The molecule has 1 aromatic rings. The van der Waals surface area contributed by atoms with Crippen LogP contribution in [0.2, 0.25) is 5.15 Å². The molecule has 3 nitrogen and oxygen atoms in total. The highest BCUT2D eigenvalue weighted by atomic mass is 35.5. The Morgan fingerprint density at radius 2 is 1.94 bits per heavy atom. The largest absolute Gasteiger partial charge is 0.297 e. The second-order valence-corrected chi connectivity index (χ2v) is 5.37. The number of halogens is 1. The molecule has 0 spiro atoms. The van der Waals surface area contributed by atoms with Crippen molar-refractivity contribution in [2.75, 3.05) is 13.1 Å². The Balaban J connectivity index is 1.96. The lowest BCUT2D eigenvalue weighted by molar-refractivity contribution is 0.132. The minimum atomic E-state index is 0.462. The van der Waals surface area contributed by atoms with E-state index in [4.69, 9.17) is 11.6 Å². The van der Waals surface area contributed by atoms with E-state index in [-0.39, 0.29) is 0 Å². The average Bonchev–Trinajstić information content (AvgIpc) is 2.20. The van der Waals surface area contributed by atoms with Gasteiger partial charge >= 0.3 is 0 Å². The van der Waals surface area contributed by atoms with Crippen LogP contribution in [0.15, 0.2) is 12.1 Å². The van der Waals surface area contributed by atoms with Crippen LogP contribution in [0.1, 0.15) is 26.0 Å². The Morgan fingerprint density at radius 1 is 1.25 bits per heavy atom. The second-order valence-electron chi connectivity index (χ2n) is 4.99. The molecule has 4 heteroatoms. The highest BCUT2D eigenvalue weighted by Gasteiger charge is 2.21. The summed E-state index contributed by atoms with van der Waals surface area (Å²) < 4.78 is 0. The van der Waals surface area contributed by atoms with E-state index in [1.165, 1.54) is 6.42 Å². The van der Waals surface area contributed by atoms with Gasteiger partial charge in [-0.2, -0.15) is 5.10 Å². The molecule has 2 unspecified atom stereocenters. The van der Waals surface area contributed by atoms with Crippen molar-refractivity contribution in [1.29, 1.82) is 0 Å². The molecule has 2 rings (SSSR count). The third-order valence-electron chi connectivity index (χ3n) is 3.02. The van der Waals surface area contributed by atoms with Crippen molar-refractivity contribution in [3.63, 3.8) is 0 Å². The standard InChI is InChI=1S/C12H18ClN3/c1-9-5-10(2)7-16(6-9)8-11-3-4-12(13)15-14-11/h3-4,9-10H,5-8H2,1-2H3. The minimum absolute atomic E-state index is 0.462. The van der Waals surface area contributed by atoms with Gasteiger partial charge in [-0.15, -0.1) is 5.10 Å². The SMILES string of the molecule is CC1CC(C)CN(Cc2ccc(Cl)nn2)C1. The molecular formula is C12H18ClN3. The number of likely N-dealkylation sites (tertiary alicyclic amines) is 1. The third kappa shape index (κ3) is 3.16. The highest BCUT2D eigenvalue weighted by Crippen LogP contribution is 2.22. The van der Waals surface area contributed by atoms with Crippen molar-refractivity contribution in [1.82, 2.24) is 15.1 Å². The monoisotopic (exact) mass is 239 g/mol. The molecule has 0 N–H and O–H groups in total. The molecule has 1 saturated heterocycles. The van der Waals surface area contributed by atoms with E-state index in [1.54, 1.807) is 6.07 Å². The summed E-state index contributed by atoms with van der Waals surface area (Å²) in [6.07, 6.45) is 1.34. The molecule has 2 atom stereocenters. The number of hydrogen-bond donors (Lipinski definition) is 0. The molecule has 0 amide bonds. The van der Waals surface area contributed by atoms with Crippen molar-refractivity contribution in [2.45, 2.75) is 26.8 Å². The molecular weight excluding hydrogens is 222 g/mol. The molecule has 88 valence electrons. The van der Waals surface area contributed by atoms with Crippen molar-refractivity contribution >= 4 is 11.6 Å². The van der Waals surface area contributed by atoms with Crippen LogP contribution in [-0.4, -0.2) is 28.2 Å². The normalized spacial score (nSPS) is 26.9. The van der Waals surface area contributed by atoms with Crippen molar-refractivity contribution in [2.24, 2.45) is 11.8 Å². The lowest BCUT2D eigenvalue weighted by Crippen LogP contribution is -2.38. The van der Waals surface area contributed by atoms with Gasteiger partial charge in [-0.25, -0.2) is 0 Å². The summed E-state index contributed by atoms with van der Waals surface area (Å²) in [6, 6.07) is 3.76. The molecule has 16 heavy (non-hydrogen) atoms. The molecule has 1 aromatic heterocycles. The summed E-state index contributed by atoms with van der Waals surface area (Å²) in [4.78, 5) is 2.46. The molecule has 0 bridgehead atoms. The average molecular weight is 240 g/mol. The van der Waals surface area contributed by atoms with E-state index in [0.717, 1.165) is 37.2 Å². The van der Waals surface area contributed by atoms with Gasteiger partial charge in [0.15, 0.2) is 5.15 Å². The minimum Gasteiger partial charge on any atom is -0.297 e. The topological polar surface area (TPSA) is 29.0 Å². The molecule has 1 aliphatic heterocycles. The maximum atomic E-state index is 5.71. The van der Waals surface area contributed by atoms with Crippen LogP contribution in [0.3, 0.4) is 0 Å². The van der Waals surface area contributed by atoms with Crippen molar-refractivity contribution in [3.8, 4) is 0 Å². The van der Waals surface area contributed by atoms with Gasteiger partial charge in [-0.1, -0.05) is 25.4 Å². The zero-order valence-corrected chi connectivity index (χ0v) is 10.6. The summed E-state index contributed by atoms with van der Waals surface area (Å²) >= 11 is 5.71. The van der Waals surface area contributed by atoms with Crippen LogP contribution < -0.4 is 0 Å². The number of piperidine rings is 1. The molecule has 0 aromatic carbocycles. The lowest BCUT2D eigenvalue weighted by atomic mass is 9.92. The first-order chi connectivity index (χ1) is 7.63. The lowest BCUT2D eigenvalue weighted by Gasteiger charge is -2.34. The Kier molecular flexibility index (Phi) is 3.77. The molecule has 1 aliphatic rings. The van der Waals surface area contributed by atoms with Crippen LogP contribution in [-0.2, 0) is 6.54 Å². The summed E-state index contributed by atoms with van der Waals surface area (Å²) in [5.74, 6) is 1.56. The first kappa shape index (κ1) is 11.8. The Morgan fingerprint density at radius 3 is 2.50 bits per heavy atom. The van der Waals surface area contributed by atoms with Crippen LogP contribution in [0, 0.1) is 11.8 Å². The van der Waals surface area contributed by atoms with E-state index >= 15 is 0 Å². The van der Waals surface area contributed by atoms with Gasteiger partial charge in [0.2, 0.25) is 0 Å². The number of hydrogen-bond acceptors (Lipinski definition) is 3. The summed E-state index contributed by atoms with van der Waals surface area (Å²) in [5, 5.41) is 8.43. The zero-order valence-electron chi connectivity index (χ0n) is 9.86. The Hall–Kier alpha value is -0.670. The predicted molar refractivity (Wildman–Crippen MR) is 65.3 cm³/mol. The zero-order chi connectivity index (χ0) is 11.5. The van der Waals surface area contributed by atoms with E-state index in [0.29, 0.717) is 5.15 Å². The molecule has 0 saturated carbocycles. The number of aromatic nitrogens is 2. The Bertz CT molecular complexity index is 329. The van der Waals surface area contributed by atoms with Crippen LogP contribution in [0.25, 0.3) is 0 Å². The van der Waals surface area contributed by atoms with Gasteiger partial charge in [-0.3, -0.25) is 4.90 Å². The van der Waals surface area contributed by atoms with Crippen LogP contribution in [0.4, 0.5) is 0 Å². The maximum Gasteiger partial charge on any atom is 0.151 e. The van der Waals surface area contributed by atoms with Gasteiger partial charge in [0.05, 0.1) is 5.69 Å². The fourth-order valence-electron chi connectivity index (χ4n) is 2.58. The fraction of sp³-hybridized carbons (Fsp3) is 0.667. The van der Waals surface area contributed by atoms with Crippen LogP contribution in [0.5, 0.6) is 0 Å². The van der Waals surface area contributed by atoms with Gasteiger partial charge < -0.3 is 0 Å². The van der Waals surface area contributed by atoms with E-state index in [1.807, 2.05) is 6.07 Å². The van der Waals surface area contributed by atoms with Gasteiger partial charge in [0.1, 0.15) is 0 Å². The number of nitrogens with zero attached hydrogens (tertiary/aromatic N) is 3. The van der Waals surface area contributed by atoms with E-state index in [2.05, 4.69) is 28.9 Å². The second kappa shape index (κ2) is 5.11. The van der Waals surface area contributed by atoms with Gasteiger partial charge in [0, 0.05) is 19.6 Å². The Labute approximate surface area is 102 Å². The van der Waals surface area contributed by atoms with Crippen molar-refractivity contribution in [3.05, 3.63) is 23.0 Å². The molecule has 0 aliphatic carbocycles. The fourth-order valence-corrected chi connectivity index (χ4v) is 2.68. The van der Waals surface area contributed by atoms with E-state index in [9.17, 15) is 0 Å². The summed E-state index contributed by atoms with van der Waals surface area (Å²) in [5.41, 5.74) is 1.01. The van der Waals surface area contributed by atoms with E-state index < -0.39 is 0 Å². The highest BCUT2D eigenvalue weighted by molar-refractivity contribution is 6.29. The first-order valence-electron chi connectivity index (χ1n) is 5.84. The summed E-state index contributed by atoms with van der Waals surface area (Å²) in [7, 11) is 0. The summed E-state index contributed by atoms with van der Waals surface area (Å²) in [6.45, 7) is 7.84. The molecule has 2 heterocycles. The maximum absolute atomic E-state index is 5.71. The third-order valence-corrected chi connectivity index (χ3v) is 3.22. The first-order valence-corrected chi connectivity index (χ1v) is 6.21. The van der Waals surface area contributed by atoms with Crippen molar-refractivity contribution < 1.29 is 0 Å². The van der Waals surface area contributed by atoms with Gasteiger partial charge in [-0.05, 0) is 30.4 Å². The van der Waals surface area contributed by atoms with Gasteiger partial charge in [0.25, 0.3) is 0 Å². The molecule has 1 fully saturated rings. The molecule has 0 radical (unpaired) electrons. The number of rotatable bonds is 2. The smallest absolute Gasteiger partial charge is 0.151 e.